The molecule has 0 unspecified atom stereocenters. The lowest BCUT2D eigenvalue weighted by Crippen LogP contribution is -2.40. The van der Waals surface area contributed by atoms with Crippen molar-refractivity contribution < 1.29 is 19.2 Å². The molecule has 2 aromatic carbocycles. The van der Waals surface area contributed by atoms with Crippen molar-refractivity contribution in [3.8, 4) is 0 Å². The fourth-order valence-corrected chi connectivity index (χ4v) is 3.96. The molecule has 0 saturated heterocycles. The number of anilines is 2. The van der Waals surface area contributed by atoms with Gasteiger partial charge in [0.15, 0.2) is 0 Å². The van der Waals surface area contributed by atoms with Crippen LogP contribution in [0.3, 0.4) is 0 Å². The van der Waals surface area contributed by atoms with Crippen molar-refractivity contribution in [1.82, 2.24) is 10.6 Å². The first kappa shape index (κ1) is 32.5. The van der Waals surface area contributed by atoms with Gasteiger partial charge in [-0.3, -0.25) is 19.2 Å². The highest BCUT2D eigenvalue weighted by atomic mass is 16.2. The first-order chi connectivity index (χ1) is 18.7. The van der Waals surface area contributed by atoms with E-state index in [9.17, 15) is 19.2 Å². The molecule has 4 amide bonds. The molecule has 8 nitrogen and oxygen atoms in total. The van der Waals surface area contributed by atoms with Gasteiger partial charge in [-0.05, 0) is 103 Å². The largest absolute Gasteiger partial charge is 0.347 e. The molecule has 4 N–H and O–H groups in total. The number of hydrogen-bond donors (Lipinski definition) is 4. The number of rotatable bonds is 13. The van der Waals surface area contributed by atoms with E-state index in [4.69, 9.17) is 0 Å². The standard InChI is InChI=1S/C32H46N4O4/c1-31(2,3)35-29(39)23-15-19-25(20-16-23)33-27(37)13-11-9-7-8-10-12-14-28(38)34-26-21-17-24(18-22-26)30(40)36-32(4,5)6/h15-22H,7-14H2,1-6H3,(H,33,37)(H,34,38)(H,35,39)(H,36,40). The van der Waals surface area contributed by atoms with Crippen LogP contribution in [0.15, 0.2) is 48.5 Å². The van der Waals surface area contributed by atoms with Crippen molar-refractivity contribution >= 4 is 35.0 Å². The van der Waals surface area contributed by atoms with Crippen LogP contribution in [0.1, 0.15) is 114 Å². The van der Waals surface area contributed by atoms with Crippen LogP contribution in [0.25, 0.3) is 0 Å². The minimum atomic E-state index is -0.305. The van der Waals surface area contributed by atoms with Crippen LogP contribution < -0.4 is 21.3 Å². The van der Waals surface area contributed by atoms with E-state index in [1.807, 2.05) is 41.5 Å². The molecule has 2 rings (SSSR count). The predicted molar refractivity (Wildman–Crippen MR) is 162 cm³/mol. The molecule has 0 atom stereocenters. The average molecular weight is 551 g/mol. The zero-order chi connectivity index (χ0) is 29.8. The number of carbonyl (C=O) groups is 4. The van der Waals surface area contributed by atoms with Gasteiger partial charge in [0.1, 0.15) is 0 Å². The third-order valence-corrected chi connectivity index (χ3v) is 5.90. The van der Waals surface area contributed by atoms with Crippen molar-refractivity contribution in [2.24, 2.45) is 0 Å². The number of hydrogen-bond acceptors (Lipinski definition) is 4. The minimum absolute atomic E-state index is 0.0357. The first-order valence-electron chi connectivity index (χ1n) is 14.2. The SMILES string of the molecule is CC(C)(C)NC(=O)c1ccc(NC(=O)CCCCCCCCC(=O)Nc2ccc(C(=O)NC(C)(C)C)cc2)cc1. The Morgan fingerprint density at radius 2 is 0.800 bits per heavy atom. The van der Waals surface area contributed by atoms with Crippen LogP contribution in [-0.2, 0) is 9.59 Å². The molecule has 218 valence electrons. The highest BCUT2D eigenvalue weighted by molar-refractivity contribution is 5.97. The Morgan fingerprint density at radius 3 is 1.10 bits per heavy atom. The normalized spacial score (nSPS) is 11.4. The second-order valence-corrected chi connectivity index (χ2v) is 12.3. The van der Waals surface area contributed by atoms with Crippen LogP contribution in [0, 0.1) is 0 Å². The molecular weight excluding hydrogens is 504 g/mol. The lowest BCUT2D eigenvalue weighted by atomic mass is 10.1. The highest BCUT2D eigenvalue weighted by Gasteiger charge is 2.16. The van der Waals surface area contributed by atoms with Crippen molar-refractivity contribution in [2.75, 3.05) is 10.6 Å². The zero-order valence-electron chi connectivity index (χ0n) is 24.9. The van der Waals surface area contributed by atoms with Gasteiger partial charge in [0, 0.05) is 46.4 Å². The third kappa shape index (κ3) is 13.4. The summed E-state index contributed by atoms with van der Waals surface area (Å²) < 4.78 is 0. The summed E-state index contributed by atoms with van der Waals surface area (Å²) in [4.78, 5) is 48.9. The van der Waals surface area contributed by atoms with Crippen molar-refractivity contribution in [3.05, 3.63) is 59.7 Å². The van der Waals surface area contributed by atoms with Crippen LogP contribution in [0.2, 0.25) is 0 Å². The molecule has 0 radical (unpaired) electrons. The maximum absolute atomic E-state index is 12.2. The molecule has 0 saturated carbocycles. The lowest BCUT2D eigenvalue weighted by molar-refractivity contribution is -0.117. The quantitative estimate of drug-likeness (QED) is 0.215. The number of amides is 4. The summed E-state index contributed by atoms with van der Waals surface area (Å²) in [6.07, 6.45) is 6.47. The monoisotopic (exact) mass is 550 g/mol. The van der Waals surface area contributed by atoms with Crippen molar-refractivity contribution in [3.63, 3.8) is 0 Å². The molecule has 0 aromatic heterocycles. The van der Waals surface area contributed by atoms with Gasteiger partial charge in [0.25, 0.3) is 11.8 Å². The summed E-state index contributed by atoms with van der Waals surface area (Å²) >= 11 is 0. The number of unbranched alkanes of at least 4 members (excludes halogenated alkanes) is 5. The number of benzene rings is 2. The van der Waals surface area contributed by atoms with E-state index >= 15 is 0 Å². The summed E-state index contributed by atoms with van der Waals surface area (Å²) in [5.41, 5.74) is 1.86. The average Bonchev–Trinajstić information content (AvgIpc) is 2.84. The Kier molecular flexibility index (Phi) is 12.4. The predicted octanol–water partition coefficient (Wildman–Crippen LogP) is 6.44. The van der Waals surface area contributed by atoms with Crippen LogP contribution in [0.5, 0.6) is 0 Å². The molecule has 0 aliphatic heterocycles. The van der Waals surface area contributed by atoms with Gasteiger partial charge in [0.05, 0.1) is 0 Å². The van der Waals surface area contributed by atoms with Gasteiger partial charge < -0.3 is 21.3 Å². The van der Waals surface area contributed by atoms with E-state index in [-0.39, 0.29) is 34.7 Å². The molecule has 0 heterocycles. The Hall–Kier alpha value is -3.68. The molecule has 2 aromatic rings. The van der Waals surface area contributed by atoms with Gasteiger partial charge >= 0.3 is 0 Å². The van der Waals surface area contributed by atoms with Crippen LogP contribution in [-0.4, -0.2) is 34.7 Å². The number of nitrogens with one attached hydrogen (secondary N) is 4. The van der Waals surface area contributed by atoms with Crippen molar-refractivity contribution in [2.45, 2.75) is 104 Å². The summed E-state index contributed by atoms with van der Waals surface area (Å²) in [6, 6.07) is 13.8. The zero-order valence-corrected chi connectivity index (χ0v) is 24.9. The van der Waals surface area contributed by atoms with E-state index in [2.05, 4.69) is 21.3 Å². The smallest absolute Gasteiger partial charge is 0.251 e. The number of carbonyl (C=O) groups excluding carboxylic acids is 4. The first-order valence-corrected chi connectivity index (χ1v) is 14.2. The molecule has 0 aliphatic rings. The minimum Gasteiger partial charge on any atom is -0.347 e. The van der Waals surface area contributed by atoms with Gasteiger partial charge in [-0.15, -0.1) is 0 Å². The Bertz CT molecular complexity index is 1040. The Balaban J connectivity index is 1.55. The van der Waals surface area contributed by atoms with Gasteiger partial charge in [-0.2, -0.15) is 0 Å². The van der Waals surface area contributed by atoms with Gasteiger partial charge in [-0.25, -0.2) is 0 Å². The second-order valence-electron chi connectivity index (χ2n) is 12.3. The molecule has 0 fully saturated rings. The topological polar surface area (TPSA) is 116 Å². The highest BCUT2D eigenvalue weighted by Crippen LogP contribution is 2.15. The second kappa shape index (κ2) is 15.2. The fraction of sp³-hybridized carbons (Fsp3) is 0.500. The Morgan fingerprint density at radius 1 is 0.500 bits per heavy atom. The molecular formula is C32H46N4O4. The van der Waals surface area contributed by atoms with Gasteiger partial charge in [-0.1, -0.05) is 25.7 Å². The molecule has 0 aliphatic carbocycles. The van der Waals surface area contributed by atoms with E-state index in [1.165, 1.54) is 0 Å². The molecule has 8 heteroatoms. The maximum Gasteiger partial charge on any atom is 0.251 e. The molecule has 40 heavy (non-hydrogen) atoms. The summed E-state index contributed by atoms with van der Waals surface area (Å²) in [6.45, 7) is 11.6. The lowest BCUT2D eigenvalue weighted by Gasteiger charge is -2.20. The van der Waals surface area contributed by atoms with E-state index in [0.29, 0.717) is 35.3 Å². The summed E-state index contributed by atoms with van der Waals surface area (Å²) in [5, 5.41) is 11.6. The summed E-state index contributed by atoms with van der Waals surface area (Å²) in [5.74, 6) is -0.350. The van der Waals surface area contributed by atoms with Crippen LogP contribution in [0.4, 0.5) is 11.4 Å². The molecule has 0 spiro atoms. The summed E-state index contributed by atoms with van der Waals surface area (Å²) in [7, 11) is 0. The van der Waals surface area contributed by atoms with E-state index in [1.54, 1.807) is 48.5 Å². The molecule has 0 bridgehead atoms. The Labute approximate surface area is 239 Å². The van der Waals surface area contributed by atoms with Crippen LogP contribution >= 0.6 is 0 Å². The maximum atomic E-state index is 12.2. The fourth-order valence-electron chi connectivity index (χ4n) is 3.96. The van der Waals surface area contributed by atoms with Crippen molar-refractivity contribution in [1.29, 1.82) is 0 Å². The van der Waals surface area contributed by atoms with Gasteiger partial charge in [0.2, 0.25) is 11.8 Å². The third-order valence-electron chi connectivity index (χ3n) is 5.90. The van der Waals surface area contributed by atoms with E-state index in [0.717, 1.165) is 38.5 Å². The van der Waals surface area contributed by atoms with E-state index < -0.39 is 0 Å².